The van der Waals surface area contributed by atoms with E-state index in [1.807, 2.05) is 24.3 Å². The quantitative estimate of drug-likeness (QED) is 0.553. The third-order valence-corrected chi connectivity index (χ3v) is 8.44. The van der Waals surface area contributed by atoms with Crippen LogP contribution in [0.15, 0.2) is 39.1 Å². The summed E-state index contributed by atoms with van der Waals surface area (Å²) >= 11 is 7.59. The minimum Gasteiger partial charge on any atom is -0.360 e. The Morgan fingerprint density at radius 1 is 1.13 bits per heavy atom. The average molecular weight is 467 g/mol. The third kappa shape index (κ3) is 4.60. The molecule has 3 aromatic rings. The summed E-state index contributed by atoms with van der Waals surface area (Å²) in [5.74, 6) is 0.339. The maximum Gasteiger partial charge on any atom is 0.248 e. The minimum absolute atomic E-state index is 0.197. The van der Waals surface area contributed by atoms with Crippen molar-refractivity contribution in [3.8, 4) is 0 Å². The smallest absolute Gasteiger partial charge is 0.248 e. The monoisotopic (exact) mass is 466 g/mol. The van der Waals surface area contributed by atoms with Gasteiger partial charge in [-0.25, -0.2) is 13.4 Å². The highest BCUT2D eigenvalue weighted by atomic mass is 35.5. The maximum atomic E-state index is 12.9. The summed E-state index contributed by atoms with van der Waals surface area (Å²) in [4.78, 5) is 7.18. The van der Waals surface area contributed by atoms with E-state index in [9.17, 15) is 8.42 Å². The second-order valence-electron chi connectivity index (χ2n) is 7.37. The van der Waals surface area contributed by atoms with Crippen LogP contribution < -0.4 is 0 Å². The van der Waals surface area contributed by atoms with Gasteiger partial charge in [0.1, 0.15) is 10.6 Å². The predicted octanol–water partition coefficient (Wildman–Crippen LogP) is 3.50. The minimum atomic E-state index is -3.58. The van der Waals surface area contributed by atoms with Crippen LogP contribution in [0.5, 0.6) is 0 Å². The summed E-state index contributed by atoms with van der Waals surface area (Å²) in [5.41, 5.74) is 2.61. The molecule has 0 unspecified atom stereocenters. The molecule has 10 heteroatoms. The molecule has 160 valence electrons. The number of thiazole rings is 1. The molecule has 0 bridgehead atoms. The van der Waals surface area contributed by atoms with Gasteiger partial charge in [0.2, 0.25) is 10.0 Å². The fraction of sp³-hybridized carbons (Fsp3) is 0.400. The van der Waals surface area contributed by atoms with Crippen LogP contribution in [0.2, 0.25) is 5.02 Å². The Hall–Kier alpha value is -1.78. The first-order chi connectivity index (χ1) is 14.3. The molecule has 1 fully saturated rings. The van der Waals surface area contributed by atoms with E-state index >= 15 is 0 Å². The zero-order valence-electron chi connectivity index (χ0n) is 16.8. The van der Waals surface area contributed by atoms with Gasteiger partial charge in [-0.05, 0) is 31.5 Å². The summed E-state index contributed by atoms with van der Waals surface area (Å²) in [6.07, 6.45) is 0.783. The molecule has 1 aliphatic rings. The molecule has 3 heterocycles. The van der Waals surface area contributed by atoms with E-state index in [1.165, 1.54) is 9.87 Å². The molecule has 30 heavy (non-hydrogen) atoms. The Bertz CT molecular complexity index is 1100. The largest absolute Gasteiger partial charge is 0.360 e. The Kier molecular flexibility index (Phi) is 6.26. The Balaban J connectivity index is 1.34. The van der Waals surface area contributed by atoms with Crippen LogP contribution in [0, 0.1) is 13.8 Å². The van der Waals surface area contributed by atoms with Crippen molar-refractivity contribution in [2.24, 2.45) is 0 Å². The second-order valence-corrected chi connectivity index (χ2v) is 10.6. The van der Waals surface area contributed by atoms with E-state index in [0.717, 1.165) is 28.7 Å². The number of nitrogens with zero attached hydrogens (tertiary/aromatic N) is 4. The fourth-order valence-corrected chi connectivity index (χ4v) is 6.27. The summed E-state index contributed by atoms with van der Waals surface area (Å²) < 4.78 is 32.4. The van der Waals surface area contributed by atoms with E-state index in [1.54, 1.807) is 25.2 Å². The summed E-state index contributed by atoms with van der Waals surface area (Å²) in [6.45, 7) is 6.20. The lowest BCUT2D eigenvalue weighted by Crippen LogP contribution is -2.48. The van der Waals surface area contributed by atoms with Crippen LogP contribution in [0.3, 0.4) is 0 Å². The standard InChI is InChI=1S/C20H23ClN4O3S2/c1-14-20(15(2)28-23-14)30(26,27)25-9-7-24(8-10-25)12-18-13-29-19(22-18)11-16-3-5-17(21)6-4-16/h3-6,13H,7-12H2,1-2H3. The van der Waals surface area contributed by atoms with Gasteiger partial charge in [-0.1, -0.05) is 28.9 Å². The zero-order valence-corrected chi connectivity index (χ0v) is 19.2. The number of aromatic nitrogens is 2. The second kappa shape index (κ2) is 8.76. The first-order valence-electron chi connectivity index (χ1n) is 9.66. The van der Waals surface area contributed by atoms with E-state index in [0.29, 0.717) is 37.6 Å². The van der Waals surface area contributed by atoms with Gasteiger partial charge in [0.15, 0.2) is 5.76 Å². The van der Waals surface area contributed by atoms with Gasteiger partial charge in [0.25, 0.3) is 0 Å². The fourth-order valence-electron chi connectivity index (χ4n) is 3.61. The highest BCUT2D eigenvalue weighted by molar-refractivity contribution is 7.89. The van der Waals surface area contributed by atoms with Gasteiger partial charge < -0.3 is 4.52 Å². The van der Waals surface area contributed by atoms with E-state index in [2.05, 4.69) is 15.4 Å². The van der Waals surface area contributed by atoms with Gasteiger partial charge in [0, 0.05) is 49.5 Å². The van der Waals surface area contributed by atoms with Crippen molar-refractivity contribution < 1.29 is 12.9 Å². The lowest BCUT2D eigenvalue weighted by Gasteiger charge is -2.33. The van der Waals surface area contributed by atoms with Crippen LogP contribution >= 0.6 is 22.9 Å². The van der Waals surface area contributed by atoms with Crippen molar-refractivity contribution in [1.29, 1.82) is 0 Å². The number of rotatable bonds is 6. The Morgan fingerprint density at radius 3 is 2.47 bits per heavy atom. The molecule has 0 spiro atoms. The number of benzene rings is 1. The summed E-state index contributed by atoms with van der Waals surface area (Å²) in [7, 11) is -3.58. The Morgan fingerprint density at radius 2 is 1.83 bits per heavy atom. The van der Waals surface area contributed by atoms with Gasteiger partial charge in [0.05, 0.1) is 10.7 Å². The van der Waals surface area contributed by atoms with Gasteiger partial charge >= 0.3 is 0 Å². The van der Waals surface area contributed by atoms with Crippen LogP contribution in [0.1, 0.15) is 27.7 Å². The molecule has 0 saturated carbocycles. The molecule has 2 aromatic heterocycles. The van der Waals surface area contributed by atoms with Crippen LogP contribution in [-0.2, 0) is 23.0 Å². The molecule has 7 nitrogen and oxygen atoms in total. The molecule has 1 saturated heterocycles. The molecular formula is C20H23ClN4O3S2. The molecular weight excluding hydrogens is 444 g/mol. The molecule has 0 atom stereocenters. The van der Waals surface area contributed by atoms with Crippen molar-refractivity contribution in [2.45, 2.75) is 31.7 Å². The molecule has 1 aromatic carbocycles. The first-order valence-corrected chi connectivity index (χ1v) is 12.4. The van der Waals surface area contributed by atoms with Crippen molar-refractivity contribution in [3.05, 3.63) is 62.4 Å². The number of aryl methyl sites for hydroxylation is 2. The molecule has 1 aliphatic heterocycles. The van der Waals surface area contributed by atoms with Crippen molar-refractivity contribution >= 4 is 33.0 Å². The number of piperazine rings is 1. The lowest BCUT2D eigenvalue weighted by molar-refractivity contribution is 0.180. The average Bonchev–Trinajstić information content (AvgIpc) is 3.30. The van der Waals surface area contributed by atoms with Crippen LogP contribution in [-0.4, -0.2) is 53.9 Å². The normalized spacial score (nSPS) is 16.2. The van der Waals surface area contributed by atoms with Gasteiger partial charge in [-0.2, -0.15) is 4.31 Å². The highest BCUT2D eigenvalue weighted by Gasteiger charge is 2.33. The summed E-state index contributed by atoms with van der Waals surface area (Å²) in [6, 6.07) is 7.81. The van der Waals surface area contributed by atoms with Crippen molar-refractivity contribution in [1.82, 2.24) is 19.3 Å². The third-order valence-electron chi connectivity index (χ3n) is 5.15. The van der Waals surface area contributed by atoms with Crippen LogP contribution in [0.25, 0.3) is 0 Å². The molecule has 4 rings (SSSR count). The lowest BCUT2D eigenvalue weighted by atomic mass is 10.2. The molecule has 0 aliphatic carbocycles. The molecule has 0 amide bonds. The van der Waals surface area contributed by atoms with E-state index in [-0.39, 0.29) is 4.90 Å². The number of hydrogen-bond acceptors (Lipinski definition) is 7. The molecule has 0 radical (unpaired) electrons. The van der Waals surface area contributed by atoms with E-state index in [4.69, 9.17) is 21.1 Å². The predicted molar refractivity (Wildman–Crippen MR) is 116 cm³/mol. The highest BCUT2D eigenvalue weighted by Crippen LogP contribution is 2.25. The zero-order chi connectivity index (χ0) is 21.3. The van der Waals surface area contributed by atoms with Crippen molar-refractivity contribution in [3.63, 3.8) is 0 Å². The summed E-state index contributed by atoms with van der Waals surface area (Å²) in [5, 5.41) is 7.65. The number of hydrogen-bond donors (Lipinski definition) is 0. The van der Waals surface area contributed by atoms with Gasteiger partial charge in [-0.3, -0.25) is 4.90 Å². The topological polar surface area (TPSA) is 79.5 Å². The van der Waals surface area contributed by atoms with Gasteiger partial charge in [-0.15, -0.1) is 11.3 Å². The van der Waals surface area contributed by atoms with Crippen LogP contribution in [0.4, 0.5) is 0 Å². The van der Waals surface area contributed by atoms with Crippen molar-refractivity contribution in [2.75, 3.05) is 26.2 Å². The molecule has 0 N–H and O–H groups in total. The number of sulfonamides is 1. The SMILES string of the molecule is Cc1noc(C)c1S(=O)(=O)N1CCN(Cc2csc(Cc3ccc(Cl)cc3)n2)CC1. The first kappa shape index (κ1) is 21.5. The Labute approximate surface area is 185 Å². The number of halogens is 1. The van der Waals surface area contributed by atoms with E-state index < -0.39 is 10.0 Å². The maximum absolute atomic E-state index is 12.9.